The number of aromatic amines is 2. The van der Waals surface area contributed by atoms with Gasteiger partial charge in [0.05, 0.1) is 0 Å². The molecule has 3 aromatic rings. The molecule has 1 unspecified atom stereocenters. The lowest BCUT2D eigenvalue weighted by atomic mass is 10.2. The van der Waals surface area contributed by atoms with Gasteiger partial charge in [-0.2, -0.15) is 0 Å². The molecule has 0 radical (unpaired) electrons. The quantitative estimate of drug-likeness (QED) is 0.711. The molecule has 0 saturated carbocycles. The van der Waals surface area contributed by atoms with Crippen molar-refractivity contribution in [3.05, 3.63) is 59.7 Å². The molecular weight excluding hydrogens is 252 g/mol. The molecule has 3 rings (SSSR count). The normalized spacial score (nSPS) is 12.7. The molecule has 0 spiro atoms. The van der Waals surface area contributed by atoms with E-state index in [1.807, 2.05) is 11.8 Å². The van der Waals surface area contributed by atoms with E-state index in [1.165, 1.54) is 16.6 Å². The molecule has 0 aliphatic carbocycles. The molecular formula is C16H17N2S+. The van der Waals surface area contributed by atoms with Crippen LogP contribution < -0.4 is 4.98 Å². The van der Waals surface area contributed by atoms with Crippen LogP contribution in [0.1, 0.15) is 23.3 Å². The smallest absolute Gasteiger partial charge is 0.231 e. The first-order chi connectivity index (χ1) is 9.22. The lowest BCUT2D eigenvalue weighted by Crippen LogP contribution is -2.02. The Morgan fingerprint density at radius 2 is 1.89 bits per heavy atom. The standard InChI is InChI=1S/C16H16N2S/c1-11-8-9-14-15(10-11)18-16(17-14)19-12(2)13-6-4-3-5-7-13/h3-10,12H,1-2H3,(H,17,18)/p+1. The zero-order valence-corrected chi connectivity index (χ0v) is 11.9. The average Bonchev–Trinajstić information content (AvgIpc) is 2.81. The van der Waals surface area contributed by atoms with Gasteiger partial charge in [-0.3, -0.25) is 0 Å². The molecule has 0 bridgehead atoms. The average molecular weight is 269 g/mol. The number of aromatic nitrogens is 2. The Morgan fingerprint density at radius 1 is 1.11 bits per heavy atom. The van der Waals surface area contributed by atoms with Crippen LogP contribution in [0.15, 0.2) is 53.7 Å². The van der Waals surface area contributed by atoms with Crippen LogP contribution in [-0.4, -0.2) is 4.98 Å². The van der Waals surface area contributed by atoms with Crippen molar-refractivity contribution in [2.75, 3.05) is 0 Å². The molecule has 1 heterocycles. The van der Waals surface area contributed by atoms with Crippen LogP contribution in [0.4, 0.5) is 0 Å². The van der Waals surface area contributed by atoms with E-state index >= 15 is 0 Å². The number of thioether (sulfide) groups is 1. The van der Waals surface area contributed by atoms with Crippen molar-refractivity contribution in [1.29, 1.82) is 0 Å². The van der Waals surface area contributed by atoms with Crippen LogP contribution >= 0.6 is 11.8 Å². The highest BCUT2D eigenvalue weighted by molar-refractivity contribution is 7.99. The van der Waals surface area contributed by atoms with Crippen molar-refractivity contribution in [3.8, 4) is 0 Å². The van der Waals surface area contributed by atoms with Gasteiger partial charge in [-0.15, -0.1) is 0 Å². The number of rotatable bonds is 3. The maximum atomic E-state index is 3.44. The van der Waals surface area contributed by atoms with Gasteiger partial charge in [0.15, 0.2) is 11.0 Å². The third-order valence-electron chi connectivity index (χ3n) is 3.24. The van der Waals surface area contributed by atoms with Gasteiger partial charge in [0, 0.05) is 5.25 Å². The van der Waals surface area contributed by atoms with E-state index in [9.17, 15) is 0 Å². The summed E-state index contributed by atoms with van der Waals surface area (Å²) in [5.41, 5.74) is 4.95. The summed E-state index contributed by atoms with van der Waals surface area (Å²) in [6.07, 6.45) is 0. The second-order valence-electron chi connectivity index (χ2n) is 4.80. The summed E-state index contributed by atoms with van der Waals surface area (Å²) in [6, 6.07) is 17.0. The van der Waals surface area contributed by atoms with Crippen LogP contribution in [0, 0.1) is 6.92 Å². The van der Waals surface area contributed by atoms with E-state index in [4.69, 9.17) is 0 Å². The van der Waals surface area contributed by atoms with Gasteiger partial charge in [-0.1, -0.05) is 36.4 Å². The highest BCUT2D eigenvalue weighted by Gasteiger charge is 2.15. The third kappa shape index (κ3) is 2.66. The van der Waals surface area contributed by atoms with E-state index in [1.54, 1.807) is 0 Å². The lowest BCUT2D eigenvalue weighted by molar-refractivity contribution is -0.396. The zero-order valence-electron chi connectivity index (χ0n) is 11.1. The summed E-state index contributed by atoms with van der Waals surface area (Å²) in [7, 11) is 0. The molecule has 0 aliphatic rings. The number of benzene rings is 2. The maximum Gasteiger partial charge on any atom is 0.315 e. The SMILES string of the molecule is Cc1ccc2[nH+]c(SC(C)c3ccccc3)[nH]c2c1. The van der Waals surface area contributed by atoms with Crippen molar-refractivity contribution >= 4 is 22.8 Å². The minimum atomic E-state index is 0.423. The highest BCUT2D eigenvalue weighted by atomic mass is 32.2. The summed E-state index contributed by atoms with van der Waals surface area (Å²) >= 11 is 1.82. The van der Waals surface area contributed by atoms with Crippen LogP contribution in [0.3, 0.4) is 0 Å². The fourth-order valence-electron chi connectivity index (χ4n) is 2.17. The van der Waals surface area contributed by atoms with Gasteiger partial charge in [0.2, 0.25) is 0 Å². The summed E-state index contributed by atoms with van der Waals surface area (Å²) in [6.45, 7) is 4.34. The Morgan fingerprint density at radius 3 is 2.68 bits per heavy atom. The summed E-state index contributed by atoms with van der Waals surface area (Å²) in [5.74, 6) is 0. The summed E-state index contributed by atoms with van der Waals surface area (Å²) < 4.78 is 0. The Balaban J connectivity index is 1.85. The molecule has 2 aromatic carbocycles. The molecule has 0 fully saturated rings. The molecule has 3 heteroatoms. The number of hydrogen-bond acceptors (Lipinski definition) is 1. The van der Waals surface area contributed by atoms with E-state index in [0.29, 0.717) is 5.25 Å². The Bertz CT molecular complexity index is 688. The highest BCUT2D eigenvalue weighted by Crippen LogP contribution is 2.32. The Labute approximate surface area is 117 Å². The van der Waals surface area contributed by atoms with E-state index in [-0.39, 0.29) is 0 Å². The first-order valence-electron chi connectivity index (χ1n) is 6.45. The second kappa shape index (κ2) is 5.10. The first kappa shape index (κ1) is 12.3. The largest absolute Gasteiger partial charge is 0.315 e. The first-order valence-corrected chi connectivity index (χ1v) is 7.33. The number of H-pyrrole nitrogens is 2. The molecule has 0 amide bonds. The van der Waals surface area contributed by atoms with Gasteiger partial charge in [0.25, 0.3) is 0 Å². The van der Waals surface area contributed by atoms with Crippen LogP contribution in [0.25, 0.3) is 11.0 Å². The second-order valence-corrected chi connectivity index (χ2v) is 6.15. The van der Waals surface area contributed by atoms with Crippen molar-refractivity contribution in [2.45, 2.75) is 24.3 Å². The monoisotopic (exact) mass is 269 g/mol. The maximum absolute atomic E-state index is 3.44. The number of aryl methyl sites for hydroxylation is 1. The minimum Gasteiger partial charge on any atom is -0.231 e. The Hall–Kier alpha value is -1.74. The van der Waals surface area contributed by atoms with Crippen molar-refractivity contribution < 1.29 is 4.98 Å². The molecule has 1 atom stereocenters. The number of fused-ring (bicyclic) bond motifs is 1. The zero-order chi connectivity index (χ0) is 13.2. The van der Waals surface area contributed by atoms with Crippen molar-refractivity contribution in [1.82, 2.24) is 4.98 Å². The lowest BCUT2D eigenvalue weighted by Gasteiger charge is -2.06. The fourth-order valence-corrected chi connectivity index (χ4v) is 3.16. The molecule has 2 nitrogen and oxygen atoms in total. The van der Waals surface area contributed by atoms with E-state index in [0.717, 1.165) is 10.7 Å². The topological polar surface area (TPSA) is 29.9 Å². The van der Waals surface area contributed by atoms with E-state index in [2.05, 4.69) is 72.3 Å². The number of imidazole rings is 1. The molecule has 2 N–H and O–H groups in total. The van der Waals surface area contributed by atoms with Gasteiger partial charge in [-0.05, 0) is 48.9 Å². The van der Waals surface area contributed by atoms with Gasteiger partial charge >= 0.3 is 5.16 Å². The van der Waals surface area contributed by atoms with Gasteiger partial charge < -0.3 is 0 Å². The van der Waals surface area contributed by atoms with Crippen LogP contribution in [0.2, 0.25) is 0 Å². The fraction of sp³-hybridized carbons (Fsp3) is 0.188. The van der Waals surface area contributed by atoms with Crippen LogP contribution in [-0.2, 0) is 0 Å². The predicted octanol–water partition coefficient (Wildman–Crippen LogP) is 4.14. The molecule has 19 heavy (non-hydrogen) atoms. The minimum absolute atomic E-state index is 0.423. The number of hydrogen-bond donors (Lipinski definition) is 1. The van der Waals surface area contributed by atoms with Crippen molar-refractivity contribution in [2.24, 2.45) is 0 Å². The van der Waals surface area contributed by atoms with Crippen molar-refractivity contribution in [3.63, 3.8) is 0 Å². The molecule has 0 aliphatic heterocycles. The van der Waals surface area contributed by atoms with Crippen LogP contribution in [0.5, 0.6) is 0 Å². The van der Waals surface area contributed by atoms with E-state index < -0.39 is 0 Å². The predicted molar refractivity (Wildman–Crippen MR) is 80.3 cm³/mol. The molecule has 1 aromatic heterocycles. The molecule has 96 valence electrons. The van der Waals surface area contributed by atoms with Gasteiger partial charge in [-0.25, -0.2) is 9.97 Å². The summed E-state index contributed by atoms with van der Waals surface area (Å²) in [4.78, 5) is 6.88. The summed E-state index contributed by atoms with van der Waals surface area (Å²) in [5, 5.41) is 1.53. The number of nitrogens with one attached hydrogen (secondary N) is 2. The molecule has 0 saturated heterocycles. The van der Waals surface area contributed by atoms with Gasteiger partial charge in [0.1, 0.15) is 0 Å². The Kier molecular flexibility index (Phi) is 3.30. The third-order valence-corrected chi connectivity index (χ3v) is 4.30.